The number of nitrogens with zero attached hydrogens (tertiary/aromatic N) is 3. The summed E-state index contributed by atoms with van der Waals surface area (Å²) in [6.45, 7) is 0.236. The molecule has 2 heterocycles. The van der Waals surface area contributed by atoms with Crippen LogP contribution >= 0.6 is 11.7 Å². The predicted molar refractivity (Wildman–Crippen MR) is 130 cm³/mol. The summed E-state index contributed by atoms with van der Waals surface area (Å²) in [5, 5.41) is 10.9. The SMILES string of the molecule is COc1ccc(-c2c(C(=O)O)n(Cc3ccc4nsnc4c3)c3cc(OC)c(OC)cc23)cc1F. The van der Waals surface area contributed by atoms with Crippen LogP contribution in [0.1, 0.15) is 16.1 Å². The van der Waals surface area contributed by atoms with Crippen molar-refractivity contribution in [3.63, 3.8) is 0 Å². The number of methoxy groups -OCH3 is 3. The molecule has 0 spiro atoms. The Hall–Kier alpha value is -4.18. The molecule has 0 aliphatic rings. The smallest absolute Gasteiger partial charge is 0.353 e. The minimum absolute atomic E-state index is 0.0105. The normalized spacial score (nSPS) is 11.2. The molecule has 0 atom stereocenters. The molecule has 0 unspecified atom stereocenters. The van der Waals surface area contributed by atoms with Crippen molar-refractivity contribution < 1.29 is 28.5 Å². The molecule has 0 saturated carbocycles. The fraction of sp³-hybridized carbons (Fsp3) is 0.160. The predicted octanol–water partition coefficient (Wildman–Crippen LogP) is 5.22. The minimum atomic E-state index is -1.15. The number of benzene rings is 3. The summed E-state index contributed by atoms with van der Waals surface area (Å²) in [5.74, 6) is -0.800. The lowest BCUT2D eigenvalue weighted by molar-refractivity contribution is 0.0687. The molecule has 2 aromatic heterocycles. The molecule has 5 rings (SSSR count). The first-order valence-corrected chi connectivity index (χ1v) is 11.2. The van der Waals surface area contributed by atoms with Crippen LogP contribution in [0.15, 0.2) is 48.5 Å². The summed E-state index contributed by atoms with van der Waals surface area (Å²) in [6, 6.07) is 13.4. The van der Waals surface area contributed by atoms with Gasteiger partial charge in [0.1, 0.15) is 16.7 Å². The maximum atomic E-state index is 14.7. The molecular formula is C25H20FN3O5S. The molecule has 0 aliphatic carbocycles. The van der Waals surface area contributed by atoms with Crippen molar-refractivity contribution in [3.05, 3.63) is 65.6 Å². The highest BCUT2D eigenvalue weighted by Gasteiger charge is 2.26. The van der Waals surface area contributed by atoms with Gasteiger partial charge in [-0.3, -0.25) is 0 Å². The van der Waals surface area contributed by atoms with E-state index in [1.807, 2.05) is 18.2 Å². The lowest BCUT2D eigenvalue weighted by Gasteiger charge is -2.11. The maximum absolute atomic E-state index is 14.7. The standard InChI is InChI=1S/C25H20FN3O5S/c1-32-20-7-5-14(9-16(20)26)23-15-10-21(33-2)22(34-3)11-19(15)29(24(23)25(30)31)12-13-4-6-17-18(8-13)28-35-27-17/h4-11H,12H2,1-3H3,(H,30,31). The third-order valence-corrected chi connectivity index (χ3v) is 6.43. The summed E-state index contributed by atoms with van der Waals surface area (Å²) in [7, 11) is 4.39. The van der Waals surface area contributed by atoms with Gasteiger partial charge < -0.3 is 23.9 Å². The summed E-state index contributed by atoms with van der Waals surface area (Å²) in [6.07, 6.45) is 0. The van der Waals surface area contributed by atoms with Gasteiger partial charge in [0.2, 0.25) is 0 Å². The molecular weight excluding hydrogens is 473 g/mol. The summed E-state index contributed by atoms with van der Waals surface area (Å²) in [4.78, 5) is 12.6. The van der Waals surface area contributed by atoms with E-state index in [2.05, 4.69) is 8.75 Å². The maximum Gasteiger partial charge on any atom is 0.353 e. The number of hydrogen-bond donors (Lipinski definition) is 1. The van der Waals surface area contributed by atoms with E-state index in [1.54, 1.807) is 22.8 Å². The van der Waals surface area contributed by atoms with Crippen LogP contribution in [0.5, 0.6) is 17.2 Å². The van der Waals surface area contributed by atoms with Crippen LogP contribution in [0.2, 0.25) is 0 Å². The van der Waals surface area contributed by atoms with Crippen molar-refractivity contribution >= 4 is 39.6 Å². The Bertz CT molecular complexity index is 1590. The van der Waals surface area contributed by atoms with E-state index in [1.165, 1.54) is 33.5 Å². The van der Waals surface area contributed by atoms with Gasteiger partial charge in [0.05, 0.1) is 38.6 Å². The number of fused-ring (bicyclic) bond motifs is 2. The van der Waals surface area contributed by atoms with Gasteiger partial charge in [0, 0.05) is 23.6 Å². The Kier molecular flexibility index (Phi) is 5.73. The van der Waals surface area contributed by atoms with Crippen molar-refractivity contribution in [3.8, 4) is 28.4 Å². The monoisotopic (exact) mass is 493 g/mol. The Balaban J connectivity index is 1.81. The fourth-order valence-corrected chi connectivity index (χ4v) is 4.80. The van der Waals surface area contributed by atoms with Crippen molar-refractivity contribution in [2.45, 2.75) is 6.54 Å². The van der Waals surface area contributed by atoms with Gasteiger partial charge in [0.25, 0.3) is 0 Å². The van der Waals surface area contributed by atoms with Crippen LogP contribution in [-0.2, 0) is 6.54 Å². The second-order valence-corrected chi connectivity index (χ2v) is 8.30. The van der Waals surface area contributed by atoms with Crippen LogP contribution in [0.4, 0.5) is 4.39 Å². The van der Waals surface area contributed by atoms with Gasteiger partial charge in [-0.25, -0.2) is 9.18 Å². The van der Waals surface area contributed by atoms with Gasteiger partial charge in [-0.15, -0.1) is 0 Å². The first-order chi connectivity index (χ1) is 16.9. The number of carboxylic acids is 1. The third-order valence-electron chi connectivity index (χ3n) is 5.87. The van der Waals surface area contributed by atoms with E-state index in [-0.39, 0.29) is 18.0 Å². The molecule has 3 aromatic carbocycles. The number of halogens is 1. The molecule has 0 fully saturated rings. The zero-order chi connectivity index (χ0) is 24.7. The quantitative estimate of drug-likeness (QED) is 0.332. The molecule has 10 heteroatoms. The number of rotatable bonds is 7. The number of ether oxygens (including phenoxy) is 3. The van der Waals surface area contributed by atoms with E-state index in [4.69, 9.17) is 14.2 Å². The largest absolute Gasteiger partial charge is 0.494 e. The topological polar surface area (TPSA) is 95.7 Å². The number of aromatic carboxylic acids is 1. The first kappa shape index (κ1) is 22.6. The van der Waals surface area contributed by atoms with E-state index in [0.29, 0.717) is 33.5 Å². The molecule has 1 N–H and O–H groups in total. The van der Waals surface area contributed by atoms with Gasteiger partial charge in [-0.1, -0.05) is 12.1 Å². The summed E-state index contributed by atoms with van der Waals surface area (Å²) >= 11 is 1.12. The van der Waals surface area contributed by atoms with Crippen molar-refractivity contribution in [1.29, 1.82) is 0 Å². The van der Waals surface area contributed by atoms with Gasteiger partial charge >= 0.3 is 5.97 Å². The third kappa shape index (κ3) is 3.81. The van der Waals surface area contributed by atoms with Crippen LogP contribution < -0.4 is 14.2 Å². The van der Waals surface area contributed by atoms with E-state index in [0.717, 1.165) is 28.3 Å². The van der Waals surface area contributed by atoms with Gasteiger partial charge in [-0.05, 0) is 41.5 Å². The van der Waals surface area contributed by atoms with Crippen molar-refractivity contribution in [2.75, 3.05) is 21.3 Å². The molecule has 0 amide bonds. The van der Waals surface area contributed by atoms with Crippen LogP contribution in [0.3, 0.4) is 0 Å². The van der Waals surface area contributed by atoms with Crippen LogP contribution in [0.25, 0.3) is 33.1 Å². The highest BCUT2D eigenvalue weighted by Crippen LogP contribution is 2.42. The number of carboxylic acid groups (broad SMARTS) is 1. The Labute approximate surface area is 203 Å². The molecule has 0 radical (unpaired) electrons. The zero-order valence-electron chi connectivity index (χ0n) is 19.0. The Morgan fingerprint density at radius 1 is 0.943 bits per heavy atom. The fourth-order valence-electron chi connectivity index (χ4n) is 4.28. The molecule has 5 aromatic rings. The van der Waals surface area contributed by atoms with Gasteiger partial charge in [0.15, 0.2) is 23.1 Å². The summed E-state index contributed by atoms with van der Waals surface area (Å²) < 4.78 is 40.8. The lowest BCUT2D eigenvalue weighted by atomic mass is 10.0. The van der Waals surface area contributed by atoms with Crippen LogP contribution in [-0.4, -0.2) is 45.7 Å². The van der Waals surface area contributed by atoms with E-state index >= 15 is 0 Å². The second kappa shape index (κ2) is 8.88. The molecule has 0 bridgehead atoms. The highest BCUT2D eigenvalue weighted by atomic mass is 32.1. The highest BCUT2D eigenvalue weighted by molar-refractivity contribution is 7.00. The molecule has 178 valence electrons. The van der Waals surface area contributed by atoms with E-state index < -0.39 is 11.8 Å². The summed E-state index contributed by atoms with van der Waals surface area (Å²) in [5.41, 5.74) is 3.72. The van der Waals surface area contributed by atoms with Gasteiger partial charge in [-0.2, -0.15) is 8.75 Å². The van der Waals surface area contributed by atoms with Crippen LogP contribution in [0, 0.1) is 5.82 Å². The molecule has 8 nitrogen and oxygen atoms in total. The first-order valence-electron chi connectivity index (χ1n) is 10.5. The van der Waals surface area contributed by atoms with Crippen molar-refractivity contribution in [2.24, 2.45) is 0 Å². The van der Waals surface area contributed by atoms with Crippen molar-refractivity contribution in [1.82, 2.24) is 13.3 Å². The zero-order valence-corrected chi connectivity index (χ0v) is 19.9. The number of carbonyl (C=O) groups is 1. The average Bonchev–Trinajstić information content (AvgIpc) is 3.45. The average molecular weight is 494 g/mol. The molecule has 35 heavy (non-hydrogen) atoms. The molecule has 0 aliphatic heterocycles. The molecule has 0 saturated heterocycles. The Morgan fingerprint density at radius 2 is 1.66 bits per heavy atom. The van der Waals surface area contributed by atoms with E-state index in [9.17, 15) is 14.3 Å². The lowest BCUT2D eigenvalue weighted by Crippen LogP contribution is -2.10. The second-order valence-electron chi connectivity index (χ2n) is 7.78. The number of aromatic nitrogens is 3. The Morgan fingerprint density at radius 3 is 2.34 bits per heavy atom. The number of hydrogen-bond acceptors (Lipinski definition) is 7. The minimum Gasteiger partial charge on any atom is -0.494 e.